The molecule has 2 heteroatoms. The van der Waals surface area contributed by atoms with Gasteiger partial charge in [0.2, 0.25) is 0 Å². The maximum absolute atomic E-state index is 6.10. The summed E-state index contributed by atoms with van der Waals surface area (Å²) >= 11 is 0. The number of hydrogen-bond donors (Lipinski definition) is 1. The van der Waals surface area contributed by atoms with Gasteiger partial charge in [0.25, 0.3) is 0 Å². The summed E-state index contributed by atoms with van der Waals surface area (Å²) in [4.78, 5) is 4.71. The van der Waals surface area contributed by atoms with E-state index in [4.69, 9.17) is 10.7 Å². The minimum atomic E-state index is 0.128. The molecule has 0 bridgehead atoms. The van der Waals surface area contributed by atoms with Crippen molar-refractivity contribution >= 4 is 10.9 Å². The molecular weight excluding hydrogens is 208 g/mol. The van der Waals surface area contributed by atoms with E-state index in [2.05, 4.69) is 37.3 Å². The minimum Gasteiger partial charge on any atom is -0.325 e. The lowest BCUT2D eigenvalue weighted by Crippen LogP contribution is -2.22. The topological polar surface area (TPSA) is 38.9 Å². The molecular formula is C15H18N2. The van der Waals surface area contributed by atoms with Gasteiger partial charge in [-0.25, -0.2) is 0 Å². The van der Waals surface area contributed by atoms with E-state index < -0.39 is 0 Å². The maximum Gasteiger partial charge on any atom is 0.0707 e. The molecule has 1 aliphatic rings. The van der Waals surface area contributed by atoms with Gasteiger partial charge in [0.15, 0.2) is 0 Å². The fourth-order valence-corrected chi connectivity index (χ4v) is 2.20. The summed E-state index contributed by atoms with van der Waals surface area (Å²) in [5.74, 6) is 0. The predicted octanol–water partition coefficient (Wildman–Crippen LogP) is 2.97. The number of nitrogens with two attached hydrogens (primary N) is 1. The maximum atomic E-state index is 6.10. The first-order valence-corrected chi connectivity index (χ1v) is 6.30. The number of pyridine rings is 1. The van der Waals surface area contributed by atoms with Crippen LogP contribution in [0.1, 0.15) is 30.5 Å². The summed E-state index contributed by atoms with van der Waals surface area (Å²) in [5.41, 5.74) is 9.76. The highest BCUT2D eigenvalue weighted by Crippen LogP contribution is 2.36. The average molecular weight is 226 g/mol. The van der Waals surface area contributed by atoms with E-state index in [0.717, 1.165) is 18.4 Å². The molecule has 17 heavy (non-hydrogen) atoms. The molecule has 3 rings (SSSR count). The third kappa shape index (κ3) is 2.32. The number of benzene rings is 1. The molecule has 1 aliphatic carbocycles. The summed E-state index contributed by atoms with van der Waals surface area (Å²) in [7, 11) is 0. The largest absolute Gasteiger partial charge is 0.325 e. The van der Waals surface area contributed by atoms with Crippen LogP contribution in [0, 0.1) is 6.92 Å². The van der Waals surface area contributed by atoms with Crippen molar-refractivity contribution in [2.24, 2.45) is 5.73 Å². The van der Waals surface area contributed by atoms with Crippen LogP contribution >= 0.6 is 0 Å². The van der Waals surface area contributed by atoms with Crippen molar-refractivity contribution < 1.29 is 0 Å². The molecule has 2 nitrogen and oxygen atoms in total. The van der Waals surface area contributed by atoms with Gasteiger partial charge in [0.1, 0.15) is 0 Å². The van der Waals surface area contributed by atoms with Crippen molar-refractivity contribution in [2.75, 3.05) is 0 Å². The standard InChI is InChI=1S/C15H18N2/c1-11-2-3-12-4-5-13(17-14(12)10-11)6-7-15(16)8-9-15/h2-5,10H,6-9,16H2,1H3. The highest BCUT2D eigenvalue weighted by molar-refractivity contribution is 5.79. The molecule has 0 radical (unpaired) electrons. The second-order valence-corrected chi connectivity index (χ2v) is 5.36. The Hall–Kier alpha value is -1.41. The van der Waals surface area contributed by atoms with Crippen LogP contribution < -0.4 is 5.73 Å². The number of nitrogens with zero attached hydrogens (tertiary/aromatic N) is 1. The smallest absolute Gasteiger partial charge is 0.0707 e. The van der Waals surface area contributed by atoms with E-state index in [9.17, 15) is 0 Å². The Morgan fingerprint density at radius 3 is 2.76 bits per heavy atom. The Bertz CT molecular complexity index is 556. The first-order chi connectivity index (χ1) is 8.15. The van der Waals surface area contributed by atoms with Gasteiger partial charge >= 0.3 is 0 Å². The molecule has 88 valence electrons. The van der Waals surface area contributed by atoms with Gasteiger partial charge < -0.3 is 5.73 Å². The lowest BCUT2D eigenvalue weighted by molar-refractivity contribution is 0.604. The van der Waals surface area contributed by atoms with Crippen molar-refractivity contribution in [3.63, 3.8) is 0 Å². The Labute approximate surface area is 102 Å². The van der Waals surface area contributed by atoms with Crippen molar-refractivity contribution in [1.82, 2.24) is 4.98 Å². The van der Waals surface area contributed by atoms with Crippen LogP contribution in [0.4, 0.5) is 0 Å². The lowest BCUT2D eigenvalue weighted by atomic mass is 10.1. The minimum absolute atomic E-state index is 0.128. The molecule has 1 saturated carbocycles. The molecule has 0 spiro atoms. The van der Waals surface area contributed by atoms with Gasteiger partial charge in [-0.15, -0.1) is 0 Å². The third-order valence-corrected chi connectivity index (χ3v) is 3.68. The van der Waals surface area contributed by atoms with Crippen LogP contribution in [0.2, 0.25) is 0 Å². The van der Waals surface area contributed by atoms with Crippen LogP contribution in [0.5, 0.6) is 0 Å². The van der Waals surface area contributed by atoms with Gasteiger partial charge in [-0.1, -0.05) is 18.2 Å². The Morgan fingerprint density at radius 1 is 1.24 bits per heavy atom. The van der Waals surface area contributed by atoms with Crippen LogP contribution in [0.3, 0.4) is 0 Å². The van der Waals surface area contributed by atoms with Crippen molar-refractivity contribution in [3.05, 3.63) is 41.6 Å². The van der Waals surface area contributed by atoms with E-state index >= 15 is 0 Å². The van der Waals surface area contributed by atoms with Gasteiger partial charge in [-0.05, 0) is 50.3 Å². The normalized spacial score (nSPS) is 17.3. The molecule has 1 aromatic heterocycles. The zero-order valence-electron chi connectivity index (χ0n) is 10.2. The summed E-state index contributed by atoms with van der Waals surface area (Å²) in [6.07, 6.45) is 4.43. The SMILES string of the molecule is Cc1ccc2ccc(CCC3(N)CC3)nc2c1. The summed E-state index contributed by atoms with van der Waals surface area (Å²) in [6.45, 7) is 2.10. The number of hydrogen-bond acceptors (Lipinski definition) is 2. The molecule has 2 N–H and O–H groups in total. The second kappa shape index (κ2) is 3.81. The van der Waals surface area contributed by atoms with E-state index in [1.807, 2.05) is 0 Å². The fraction of sp³-hybridized carbons (Fsp3) is 0.400. The number of aryl methyl sites for hydroxylation is 2. The number of rotatable bonds is 3. The van der Waals surface area contributed by atoms with Crippen LogP contribution in [-0.4, -0.2) is 10.5 Å². The Balaban J connectivity index is 1.85. The third-order valence-electron chi connectivity index (χ3n) is 3.68. The molecule has 0 unspecified atom stereocenters. The van der Waals surface area contributed by atoms with E-state index in [1.54, 1.807) is 0 Å². The molecule has 1 aromatic carbocycles. The zero-order valence-corrected chi connectivity index (χ0v) is 10.2. The summed E-state index contributed by atoms with van der Waals surface area (Å²) in [5, 5.41) is 1.22. The van der Waals surface area contributed by atoms with Crippen LogP contribution in [0.15, 0.2) is 30.3 Å². The quantitative estimate of drug-likeness (QED) is 0.874. The van der Waals surface area contributed by atoms with Crippen molar-refractivity contribution in [1.29, 1.82) is 0 Å². The number of aromatic nitrogens is 1. The monoisotopic (exact) mass is 226 g/mol. The molecule has 0 atom stereocenters. The van der Waals surface area contributed by atoms with E-state index in [0.29, 0.717) is 0 Å². The molecule has 0 amide bonds. The van der Waals surface area contributed by atoms with Gasteiger partial charge in [0.05, 0.1) is 5.52 Å². The highest BCUT2D eigenvalue weighted by atomic mass is 14.8. The van der Waals surface area contributed by atoms with Crippen molar-refractivity contribution in [3.8, 4) is 0 Å². The van der Waals surface area contributed by atoms with E-state index in [1.165, 1.54) is 29.5 Å². The van der Waals surface area contributed by atoms with Crippen molar-refractivity contribution in [2.45, 2.75) is 38.1 Å². The fourth-order valence-electron chi connectivity index (χ4n) is 2.20. The zero-order chi connectivity index (χ0) is 11.9. The number of fused-ring (bicyclic) bond motifs is 1. The van der Waals surface area contributed by atoms with Gasteiger partial charge in [0, 0.05) is 16.6 Å². The molecule has 2 aromatic rings. The molecule has 1 heterocycles. The van der Waals surface area contributed by atoms with Crippen LogP contribution in [0.25, 0.3) is 10.9 Å². The summed E-state index contributed by atoms with van der Waals surface area (Å²) < 4.78 is 0. The average Bonchev–Trinajstić information content (AvgIpc) is 3.05. The Morgan fingerprint density at radius 2 is 2.00 bits per heavy atom. The van der Waals surface area contributed by atoms with Gasteiger partial charge in [-0.2, -0.15) is 0 Å². The molecule has 0 aliphatic heterocycles. The summed E-state index contributed by atoms with van der Waals surface area (Å²) in [6, 6.07) is 10.7. The predicted molar refractivity (Wildman–Crippen MR) is 71.0 cm³/mol. The highest BCUT2D eigenvalue weighted by Gasteiger charge is 2.37. The first-order valence-electron chi connectivity index (χ1n) is 6.30. The molecule has 0 saturated heterocycles. The van der Waals surface area contributed by atoms with Crippen LogP contribution in [-0.2, 0) is 6.42 Å². The second-order valence-electron chi connectivity index (χ2n) is 5.36. The van der Waals surface area contributed by atoms with E-state index in [-0.39, 0.29) is 5.54 Å². The first kappa shape index (κ1) is 10.7. The van der Waals surface area contributed by atoms with Gasteiger partial charge in [-0.3, -0.25) is 4.98 Å². The molecule has 1 fully saturated rings. The lowest BCUT2D eigenvalue weighted by Gasteiger charge is -2.08. The Kier molecular flexibility index (Phi) is 2.40.